The van der Waals surface area contributed by atoms with Gasteiger partial charge in [0.2, 0.25) is 5.88 Å². The maximum atomic E-state index is 13.5. The topological polar surface area (TPSA) is 73.9 Å². The van der Waals surface area contributed by atoms with E-state index in [4.69, 9.17) is 14.2 Å². The number of esters is 1. The molecule has 0 spiro atoms. The van der Waals surface area contributed by atoms with Crippen molar-refractivity contribution in [1.82, 2.24) is 5.32 Å². The predicted molar refractivity (Wildman–Crippen MR) is 167 cm³/mol. The average Bonchev–Trinajstić information content (AvgIpc) is 3.04. The summed E-state index contributed by atoms with van der Waals surface area (Å²) in [4.78, 5) is 26.7. The summed E-state index contributed by atoms with van der Waals surface area (Å²) in [6.07, 6.45) is 0. The molecule has 1 atom stereocenters. The van der Waals surface area contributed by atoms with Crippen LogP contribution in [0.1, 0.15) is 29.5 Å². The van der Waals surface area contributed by atoms with Crippen molar-refractivity contribution >= 4 is 22.6 Å². The summed E-state index contributed by atoms with van der Waals surface area (Å²) < 4.78 is 17.5. The molecule has 1 unspecified atom stereocenters. The zero-order valence-electron chi connectivity index (χ0n) is 24.0. The first-order chi connectivity index (χ1) is 21.0. The second kappa shape index (κ2) is 12.2. The Morgan fingerprint density at radius 2 is 1.47 bits per heavy atom. The Bertz CT molecular complexity index is 1810. The lowest BCUT2D eigenvalue weighted by Crippen LogP contribution is -2.36. The van der Waals surface area contributed by atoms with E-state index in [1.54, 1.807) is 6.92 Å². The first-order valence-corrected chi connectivity index (χ1v) is 14.3. The smallest absolute Gasteiger partial charge is 0.340 e. The Morgan fingerprint density at radius 1 is 0.791 bits per heavy atom. The SMILES string of the molecule is CCOC(=O)C1=C(NC(=O)COc2ccc(-c3ccc(C)cc3)cc2)Oc2ccc3ccccc3c2C1c1ccccc1. The van der Waals surface area contributed by atoms with Crippen molar-refractivity contribution in [3.63, 3.8) is 0 Å². The van der Waals surface area contributed by atoms with Gasteiger partial charge in [0.15, 0.2) is 6.61 Å². The fourth-order valence-electron chi connectivity index (χ4n) is 5.40. The normalized spacial score (nSPS) is 14.0. The largest absolute Gasteiger partial charge is 0.484 e. The van der Waals surface area contributed by atoms with E-state index in [1.807, 2.05) is 91.0 Å². The molecule has 0 bridgehead atoms. The highest BCUT2D eigenvalue weighted by Crippen LogP contribution is 2.46. The van der Waals surface area contributed by atoms with E-state index in [9.17, 15) is 9.59 Å². The van der Waals surface area contributed by atoms with E-state index in [-0.39, 0.29) is 24.7 Å². The second-order valence-corrected chi connectivity index (χ2v) is 10.3. The van der Waals surface area contributed by atoms with Gasteiger partial charge in [0.05, 0.1) is 12.5 Å². The third-order valence-corrected chi connectivity index (χ3v) is 7.46. The summed E-state index contributed by atoms with van der Waals surface area (Å²) >= 11 is 0. The number of rotatable bonds is 8. The Balaban J connectivity index is 1.29. The number of nitrogens with one attached hydrogen (secondary N) is 1. The standard InChI is InChI=1S/C37H31NO5/c1-3-41-37(40)35-33(28-10-5-4-6-11-28)34-30-12-8-7-9-27(30)19-22-31(34)43-36(35)38-32(39)23-42-29-20-17-26(18-21-29)25-15-13-24(2)14-16-25/h4-22,33H,3,23H2,1-2H3,(H,38,39). The molecule has 1 aliphatic heterocycles. The van der Waals surface area contributed by atoms with Crippen LogP contribution in [0.3, 0.4) is 0 Å². The summed E-state index contributed by atoms with van der Waals surface area (Å²) in [5.41, 5.74) is 5.30. The summed E-state index contributed by atoms with van der Waals surface area (Å²) in [6, 6.07) is 37.3. The van der Waals surface area contributed by atoms with Crippen LogP contribution in [-0.2, 0) is 14.3 Å². The van der Waals surface area contributed by atoms with Crippen LogP contribution in [0.15, 0.2) is 127 Å². The quantitative estimate of drug-likeness (QED) is 0.198. The lowest BCUT2D eigenvalue weighted by Gasteiger charge is -2.31. The van der Waals surface area contributed by atoms with Gasteiger partial charge >= 0.3 is 5.97 Å². The molecule has 0 radical (unpaired) electrons. The highest BCUT2D eigenvalue weighted by atomic mass is 16.5. The van der Waals surface area contributed by atoms with Crippen molar-refractivity contribution in [2.75, 3.05) is 13.2 Å². The average molecular weight is 570 g/mol. The molecular formula is C37H31NO5. The van der Waals surface area contributed by atoms with Gasteiger partial charge in [0.25, 0.3) is 5.91 Å². The number of ether oxygens (including phenoxy) is 3. The Hall–Kier alpha value is -5.36. The van der Waals surface area contributed by atoms with Crippen LogP contribution in [0, 0.1) is 6.92 Å². The van der Waals surface area contributed by atoms with Crippen molar-refractivity contribution in [3.8, 4) is 22.6 Å². The van der Waals surface area contributed by atoms with Crippen LogP contribution in [0.4, 0.5) is 0 Å². The van der Waals surface area contributed by atoms with E-state index in [0.717, 1.165) is 33.0 Å². The third kappa shape index (κ3) is 5.86. The lowest BCUT2D eigenvalue weighted by atomic mass is 9.80. The fourth-order valence-corrected chi connectivity index (χ4v) is 5.40. The minimum atomic E-state index is -0.558. The number of benzene rings is 5. The zero-order chi connectivity index (χ0) is 29.8. The highest BCUT2D eigenvalue weighted by Gasteiger charge is 2.38. The minimum Gasteiger partial charge on any atom is -0.484 e. The molecule has 6 heteroatoms. The molecule has 1 amide bonds. The van der Waals surface area contributed by atoms with Crippen LogP contribution in [0.2, 0.25) is 0 Å². The third-order valence-electron chi connectivity index (χ3n) is 7.46. The van der Waals surface area contributed by atoms with Crippen LogP contribution in [-0.4, -0.2) is 25.1 Å². The van der Waals surface area contributed by atoms with Gasteiger partial charge in [0.1, 0.15) is 17.1 Å². The van der Waals surface area contributed by atoms with Crippen molar-refractivity contribution in [1.29, 1.82) is 0 Å². The van der Waals surface area contributed by atoms with Gasteiger partial charge in [0, 0.05) is 5.56 Å². The highest BCUT2D eigenvalue weighted by molar-refractivity contribution is 5.98. The molecule has 1 N–H and O–H groups in total. The van der Waals surface area contributed by atoms with E-state index < -0.39 is 17.8 Å². The van der Waals surface area contributed by atoms with Gasteiger partial charge in [-0.2, -0.15) is 0 Å². The molecule has 6 rings (SSSR count). The van der Waals surface area contributed by atoms with Crippen LogP contribution >= 0.6 is 0 Å². The van der Waals surface area contributed by atoms with Crippen molar-refractivity contribution < 1.29 is 23.8 Å². The van der Waals surface area contributed by atoms with Crippen molar-refractivity contribution in [2.24, 2.45) is 0 Å². The number of hydrogen-bond donors (Lipinski definition) is 1. The second-order valence-electron chi connectivity index (χ2n) is 10.3. The molecule has 214 valence electrons. The van der Waals surface area contributed by atoms with Gasteiger partial charge in [-0.3, -0.25) is 10.1 Å². The van der Waals surface area contributed by atoms with Gasteiger partial charge in [-0.25, -0.2) is 4.79 Å². The summed E-state index contributed by atoms with van der Waals surface area (Å²) in [6.45, 7) is 3.71. The molecule has 0 aliphatic carbocycles. The van der Waals surface area contributed by atoms with E-state index in [0.29, 0.717) is 11.5 Å². The number of aryl methyl sites for hydroxylation is 1. The number of carbonyl (C=O) groups is 2. The molecule has 0 saturated carbocycles. The van der Waals surface area contributed by atoms with Crippen molar-refractivity contribution in [3.05, 3.63) is 143 Å². The first kappa shape index (κ1) is 27.8. The molecule has 5 aromatic rings. The van der Waals surface area contributed by atoms with E-state index >= 15 is 0 Å². The molecular weight excluding hydrogens is 538 g/mol. The Kier molecular flexibility index (Phi) is 7.92. The molecule has 0 fully saturated rings. The predicted octanol–water partition coefficient (Wildman–Crippen LogP) is 7.31. The van der Waals surface area contributed by atoms with Gasteiger partial charge in [-0.05, 0) is 59.5 Å². The number of amides is 1. The number of carbonyl (C=O) groups excluding carboxylic acids is 2. The summed E-state index contributed by atoms with van der Waals surface area (Å²) in [5, 5.41) is 4.78. The number of fused-ring (bicyclic) bond motifs is 3. The first-order valence-electron chi connectivity index (χ1n) is 14.3. The molecule has 6 nitrogen and oxygen atoms in total. The Morgan fingerprint density at radius 3 is 2.19 bits per heavy atom. The van der Waals surface area contributed by atoms with Gasteiger partial charge in [-0.15, -0.1) is 0 Å². The molecule has 5 aromatic carbocycles. The van der Waals surface area contributed by atoms with Gasteiger partial charge in [-0.1, -0.05) is 103 Å². The summed E-state index contributed by atoms with van der Waals surface area (Å²) in [7, 11) is 0. The molecule has 1 aliphatic rings. The maximum absolute atomic E-state index is 13.5. The van der Waals surface area contributed by atoms with Crippen LogP contribution in [0.25, 0.3) is 21.9 Å². The lowest BCUT2D eigenvalue weighted by molar-refractivity contribution is -0.139. The minimum absolute atomic E-state index is 0.0402. The fraction of sp³-hybridized carbons (Fsp3) is 0.135. The van der Waals surface area contributed by atoms with E-state index in [2.05, 4.69) is 36.5 Å². The van der Waals surface area contributed by atoms with Crippen LogP contribution in [0.5, 0.6) is 11.5 Å². The molecule has 1 heterocycles. The molecule has 0 saturated heterocycles. The number of hydrogen-bond acceptors (Lipinski definition) is 5. The van der Waals surface area contributed by atoms with Crippen molar-refractivity contribution in [2.45, 2.75) is 19.8 Å². The maximum Gasteiger partial charge on any atom is 0.340 e. The van der Waals surface area contributed by atoms with Gasteiger partial charge < -0.3 is 14.2 Å². The Labute approximate surface area is 250 Å². The molecule has 0 aromatic heterocycles. The molecule has 43 heavy (non-hydrogen) atoms. The van der Waals surface area contributed by atoms with E-state index in [1.165, 1.54) is 5.56 Å². The van der Waals surface area contributed by atoms with Crippen LogP contribution < -0.4 is 14.8 Å². The summed E-state index contributed by atoms with van der Waals surface area (Å²) in [5.74, 6) is -0.398. The zero-order valence-corrected chi connectivity index (χ0v) is 24.0. The monoisotopic (exact) mass is 569 g/mol.